The van der Waals surface area contributed by atoms with Gasteiger partial charge in [0, 0.05) is 19.6 Å². The van der Waals surface area contributed by atoms with E-state index in [0.29, 0.717) is 6.61 Å². The molecule has 1 rings (SSSR count). The number of hydrogen-bond acceptors (Lipinski definition) is 4. The molecule has 0 aromatic rings. The number of thiol groups is 1. The van der Waals surface area contributed by atoms with Gasteiger partial charge in [0.15, 0.2) is 0 Å². The Hall–Kier alpha value is 0.230. The van der Waals surface area contributed by atoms with E-state index in [1.165, 1.54) is 0 Å². The van der Waals surface area contributed by atoms with Crippen molar-refractivity contribution in [1.29, 1.82) is 0 Å². The van der Waals surface area contributed by atoms with E-state index in [4.69, 9.17) is 4.74 Å². The van der Waals surface area contributed by atoms with Crippen LogP contribution in [0.1, 0.15) is 0 Å². The Morgan fingerprint density at radius 1 is 1.40 bits per heavy atom. The summed E-state index contributed by atoms with van der Waals surface area (Å²) in [5.74, 6) is 0. The van der Waals surface area contributed by atoms with E-state index in [0.717, 1.165) is 32.8 Å². The minimum Gasteiger partial charge on any atom is -0.379 e. The Balaban J connectivity index is 2.02. The molecule has 3 nitrogen and oxygen atoms in total. The Morgan fingerprint density at radius 2 is 2.10 bits per heavy atom. The molecule has 1 aliphatic heterocycles. The van der Waals surface area contributed by atoms with E-state index in [-0.39, 0.29) is 0 Å². The average molecular weight is 163 g/mol. The predicted molar refractivity (Wildman–Crippen MR) is 42.2 cm³/mol. The molecule has 0 spiro atoms. The lowest BCUT2D eigenvalue weighted by atomic mass is 10.4. The van der Waals surface area contributed by atoms with Crippen LogP contribution in [0.15, 0.2) is 0 Å². The zero-order valence-corrected chi connectivity index (χ0v) is 6.85. The molecule has 0 atom stereocenters. The molecule has 4 heteroatoms. The van der Waals surface area contributed by atoms with Crippen LogP contribution in [0, 0.1) is 0 Å². The third-order valence-electron chi connectivity index (χ3n) is 1.60. The number of ether oxygens (including phenoxy) is 1. The monoisotopic (exact) mass is 163 g/mol. The smallest absolute Gasteiger partial charge is 0.0737 e. The van der Waals surface area contributed by atoms with Crippen LogP contribution in [0.2, 0.25) is 0 Å². The van der Waals surface area contributed by atoms with Crippen molar-refractivity contribution in [3.8, 4) is 0 Å². The quantitative estimate of drug-likeness (QED) is 0.474. The third-order valence-corrected chi connectivity index (χ3v) is 1.79. The highest BCUT2D eigenvalue weighted by atomic mass is 32.1. The Bertz CT molecular complexity index is 85.8. The van der Waals surface area contributed by atoms with Gasteiger partial charge in [-0.2, -0.15) is 0 Å². The largest absolute Gasteiger partial charge is 0.379 e. The number of nitrogens with zero attached hydrogens (tertiary/aromatic N) is 1. The zero-order chi connectivity index (χ0) is 7.23. The fraction of sp³-hybridized carbons (Fsp3) is 1.00. The van der Waals surface area contributed by atoms with E-state index in [1.807, 2.05) is 0 Å². The average Bonchev–Trinajstić information content (AvgIpc) is 2.03. The van der Waals surface area contributed by atoms with Crippen molar-refractivity contribution in [2.24, 2.45) is 0 Å². The zero-order valence-electron chi connectivity index (χ0n) is 5.95. The summed E-state index contributed by atoms with van der Waals surface area (Å²) in [5, 5.41) is 0. The van der Waals surface area contributed by atoms with Crippen LogP contribution in [0.5, 0.6) is 0 Å². The molecule has 1 aliphatic rings. The molecule has 1 fully saturated rings. The molecule has 10 heavy (non-hydrogen) atoms. The van der Waals surface area contributed by atoms with Gasteiger partial charge < -0.3 is 8.92 Å². The van der Waals surface area contributed by atoms with Gasteiger partial charge in [0.05, 0.1) is 19.8 Å². The van der Waals surface area contributed by atoms with Gasteiger partial charge in [-0.15, -0.1) is 0 Å². The van der Waals surface area contributed by atoms with Gasteiger partial charge in [0.1, 0.15) is 0 Å². The third kappa shape index (κ3) is 2.88. The van der Waals surface area contributed by atoms with Crippen LogP contribution >= 0.6 is 12.9 Å². The van der Waals surface area contributed by atoms with Gasteiger partial charge in [-0.1, -0.05) is 0 Å². The molecule has 0 aromatic carbocycles. The second kappa shape index (κ2) is 4.96. The summed E-state index contributed by atoms with van der Waals surface area (Å²) in [4.78, 5) is 2.31. The first kappa shape index (κ1) is 8.33. The molecule has 1 saturated heterocycles. The van der Waals surface area contributed by atoms with E-state index < -0.39 is 0 Å². The highest BCUT2D eigenvalue weighted by Crippen LogP contribution is 1.95. The summed E-state index contributed by atoms with van der Waals surface area (Å²) >= 11 is 3.66. The molecule has 0 saturated carbocycles. The van der Waals surface area contributed by atoms with Gasteiger partial charge in [-0.25, -0.2) is 0 Å². The lowest BCUT2D eigenvalue weighted by molar-refractivity contribution is 0.0335. The maximum absolute atomic E-state index is 5.18. The van der Waals surface area contributed by atoms with Crippen LogP contribution in [0.3, 0.4) is 0 Å². The molecule has 0 unspecified atom stereocenters. The van der Waals surface area contributed by atoms with Crippen molar-refractivity contribution in [2.45, 2.75) is 0 Å². The molecular weight excluding hydrogens is 150 g/mol. The molecule has 0 aliphatic carbocycles. The molecular formula is C6H13NO2S. The summed E-state index contributed by atoms with van der Waals surface area (Å²) in [6, 6.07) is 0. The summed E-state index contributed by atoms with van der Waals surface area (Å²) in [6.45, 7) is 5.42. The molecule has 1 heterocycles. The number of morpholine rings is 1. The normalized spacial score (nSPS) is 21.3. The Morgan fingerprint density at radius 3 is 2.70 bits per heavy atom. The summed E-state index contributed by atoms with van der Waals surface area (Å²) < 4.78 is 9.83. The summed E-state index contributed by atoms with van der Waals surface area (Å²) in [7, 11) is 0. The maximum Gasteiger partial charge on any atom is 0.0737 e. The Labute approximate surface area is 66.9 Å². The van der Waals surface area contributed by atoms with E-state index in [1.54, 1.807) is 0 Å². The molecule has 0 bridgehead atoms. The van der Waals surface area contributed by atoms with Crippen molar-refractivity contribution in [3.05, 3.63) is 0 Å². The van der Waals surface area contributed by atoms with E-state index in [2.05, 4.69) is 22.0 Å². The molecule has 0 amide bonds. The second-order valence-electron chi connectivity index (χ2n) is 2.29. The van der Waals surface area contributed by atoms with E-state index in [9.17, 15) is 0 Å². The van der Waals surface area contributed by atoms with Gasteiger partial charge in [0.25, 0.3) is 0 Å². The van der Waals surface area contributed by atoms with Gasteiger partial charge in [0.2, 0.25) is 0 Å². The fourth-order valence-electron chi connectivity index (χ4n) is 0.995. The van der Waals surface area contributed by atoms with Crippen molar-refractivity contribution >= 4 is 12.9 Å². The first-order valence-electron chi connectivity index (χ1n) is 3.50. The van der Waals surface area contributed by atoms with Crippen LogP contribution in [0.4, 0.5) is 0 Å². The lowest BCUT2D eigenvalue weighted by Gasteiger charge is -2.25. The van der Waals surface area contributed by atoms with Crippen molar-refractivity contribution in [1.82, 2.24) is 4.90 Å². The Kier molecular flexibility index (Phi) is 4.13. The number of rotatable bonds is 3. The summed E-state index contributed by atoms with van der Waals surface area (Å²) in [5.41, 5.74) is 0. The molecule has 0 N–H and O–H groups in total. The van der Waals surface area contributed by atoms with Crippen LogP contribution in [-0.4, -0.2) is 44.4 Å². The maximum atomic E-state index is 5.18. The van der Waals surface area contributed by atoms with Gasteiger partial charge in [-0.3, -0.25) is 4.90 Å². The first-order valence-corrected chi connectivity index (χ1v) is 3.86. The molecule has 0 aromatic heterocycles. The van der Waals surface area contributed by atoms with Crippen LogP contribution < -0.4 is 0 Å². The van der Waals surface area contributed by atoms with Crippen molar-refractivity contribution < 1.29 is 8.92 Å². The molecule has 0 radical (unpaired) electrons. The second-order valence-corrected chi connectivity index (χ2v) is 2.55. The minimum absolute atomic E-state index is 0.698. The molecule has 60 valence electrons. The van der Waals surface area contributed by atoms with Crippen LogP contribution in [0.25, 0.3) is 0 Å². The van der Waals surface area contributed by atoms with Gasteiger partial charge in [-0.05, 0) is 12.9 Å². The minimum atomic E-state index is 0.698. The van der Waals surface area contributed by atoms with Crippen molar-refractivity contribution in [2.75, 3.05) is 39.5 Å². The fourth-order valence-corrected chi connectivity index (χ4v) is 1.08. The van der Waals surface area contributed by atoms with Crippen molar-refractivity contribution in [3.63, 3.8) is 0 Å². The number of hydrogen-bond donors (Lipinski definition) is 1. The highest BCUT2D eigenvalue weighted by Gasteiger charge is 2.08. The lowest BCUT2D eigenvalue weighted by Crippen LogP contribution is -2.37. The first-order chi connectivity index (χ1) is 4.93. The van der Waals surface area contributed by atoms with Gasteiger partial charge >= 0.3 is 0 Å². The SMILES string of the molecule is SOCCN1CCOCC1. The predicted octanol–water partition coefficient (Wildman–Crippen LogP) is 0.180. The van der Waals surface area contributed by atoms with E-state index >= 15 is 0 Å². The summed E-state index contributed by atoms with van der Waals surface area (Å²) in [6.07, 6.45) is 0. The standard InChI is InChI=1S/C6H13NO2S/c10-9-6-3-7-1-4-8-5-2-7/h10H,1-6H2. The highest BCUT2D eigenvalue weighted by molar-refractivity contribution is 7.75. The topological polar surface area (TPSA) is 21.7 Å². The van der Waals surface area contributed by atoms with Crippen LogP contribution in [-0.2, 0) is 8.92 Å².